The Balaban J connectivity index is 1.34. The second-order valence-corrected chi connectivity index (χ2v) is 8.11. The lowest BCUT2D eigenvalue weighted by atomic mass is 10.1. The number of fused-ring (bicyclic) bond motifs is 2. The summed E-state index contributed by atoms with van der Waals surface area (Å²) >= 11 is 1.48. The van der Waals surface area contributed by atoms with E-state index in [1.54, 1.807) is 6.92 Å². The van der Waals surface area contributed by atoms with Crippen LogP contribution in [0.25, 0.3) is 22.2 Å². The van der Waals surface area contributed by atoms with E-state index in [9.17, 15) is 4.79 Å². The number of carbonyl (C=O) groups excluding carboxylic acids is 1. The number of nitrogens with one attached hydrogen (secondary N) is 1. The molecule has 0 aliphatic carbocycles. The van der Waals surface area contributed by atoms with Gasteiger partial charge in [-0.1, -0.05) is 35.5 Å². The molecule has 1 aliphatic rings. The summed E-state index contributed by atoms with van der Waals surface area (Å²) in [6.45, 7) is 2.82. The minimum atomic E-state index is -0.250. The molecular formula is C22H19N3O4S. The fourth-order valence-electron chi connectivity index (χ4n) is 3.51. The van der Waals surface area contributed by atoms with E-state index in [0.717, 1.165) is 33.2 Å². The maximum atomic E-state index is 12.6. The van der Waals surface area contributed by atoms with Crippen molar-refractivity contribution in [3.05, 3.63) is 58.7 Å². The number of rotatable bonds is 5. The van der Waals surface area contributed by atoms with E-state index in [-0.39, 0.29) is 12.5 Å². The highest BCUT2D eigenvalue weighted by molar-refractivity contribution is 7.17. The number of carbonyl (C=O) groups is 1. The average molecular weight is 421 g/mol. The number of hydrogen-bond donors (Lipinski definition) is 1. The maximum Gasteiger partial charge on any atom is 0.262 e. The third-order valence-corrected chi connectivity index (χ3v) is 6.03. The van der Waals surface area contributed by atoms with Crippen LogP contribution in [-0.2, 0) is 22.6 Å². The zero-order valence-corrected chi connectivity index (χ0v) is 17.1. The summed E-state index contributed by atoms with van der Waals surface area (Å²) in [5.41, 5.74) is 1.89. The Hall–Kier alpha value is -3.23. The van der Waals surface area contributed by atoms with Crippen molar-refractivity contribution in [3.63, 3.8) is 0 Å². The summed E-state index contributed by atoms with van der Waals surface area (Å²) < 4.78 is 16.7. The summed E-state index contributed by atoms with van der Waals surface area (Å²) in [6.07, 6.45) is 0.742. The second-order valence-electron chi connectivity index (χ2n) is 7.00. The SMILES string of the molecule is Cc1noc(-c2c(NC(=O)COc3ccc4ccccc4c3)sc3c2CCOC3)n1. The highest BCUT2D eigenvalue weighted by atomic mass is 32.1. The summed E-state index contributed by atoms with van der Waals surface area (Å²) in [5, 5.41) is 9.72. The van der Waals surface area contributed by atoms with E-state index >= 15 is 0 Å². The van der Waals surface area contributed by atoms with Gasteiger partial charge in [-0.05, 0) is 41.8 Å². The number of aromatic nitrogens is 2. The lowest BCUT2D eigenvalue weighted by molar-refractivity contribution is -0.118. The topological polar surface area (TPSA) is 86.5 Å². The van der Waals surface area contributed by atoms with E-state index < -0.39 is 0 Å². The van der Waals surface area contributed by atoms with E-state index in [4.69, 9.17) is 14.0 Å². The molecular weight excluding hydrogens is 402 g/mol. The average Bonchev–Trinajstić information content (AvgIpc) is 3.34. The summed E-state index contributed by atoms with van der Waals surface area (Å²) in [7, 11) is 0. The number of benzene rings is 2. The molecule has 0 bridgehead atoms. The number of aryl methyl sites for hydroxylation is 1. The lowest BCUT2D eigenvalue weighted by Gasteiger charge is -2.12. The van der Waals surface area contributed by atoms with Gasteiger partial charge in [0, 0.05) is 4.88 Å². The first kappa shape index (κ1) is 18.8. The number of amides is 1. The Morgan fingerprint density at radius 1 is 1.23 bits per heavy atom. The third kappa shape index (κ3) is 3.67. The van der Waals surface area contributed by atoms with Crippen molar-refractivity contribution in [1.82, 2.24) is 10.1 Å². The van der Waals surface area contributed by atoms with Crippen LogP contribution in [0, 0.1) is 6.92 Å². The van der Waals surface area contributed by atoms with Gasteiger partial charge in [0.1, 0.15) is 10.8 Å². The quantitative estimate of drug-likeness (QED) is 0.516. The van der Waals surface area contributed by atoms with Gasteiger partial charge >= 0.3 is 0 Å². The van der Waals surface area contributed by atoms with E-state index in [2.05, 4.69) is 15.5 Å². The first-order valence-corrected chi connectivity index (χ1v) is 10.4. The number of hydrogen-bond acceptors (Lipinski definition) is 7. The largest absolute Gasteiger partial charge is 0.484 e. The molecule has 152 valence electrons. The van der Waals surface area contributed by atoms with Crippen LogP contribution >= 0.6 is 11.3 Å². The van der Waals surface area contributed by atoms with Crippen LogP contribution in [0.1, 0.15) is 16.3 Å². The predicted octanol–water partition coefficient (Wildman–Crippen LogP) is 4.35. The Labute approximate surface area is 176 Å². The second kappa shape index (κ2) is 7.89. The molecule has 5 rings (SSSR count). The van der Waals surface area contributed by atoms with Crippen LogP contribution in [-0.4, -0.2) is 29.3 Å². The zero-order valence-electron chi connectivity index (χ0n) is 16.3. The van der Waals surface area contributed by atoms with Crippen molar-refractivity contribution < 1.29 is 18.8 Å². The molecule has 4 aromatic rings. The number of thiophene rings is 1. The Morgan fingerprint density at radius 3 is 2.93 bits per heavy atom. The highest BCUT2D eigenvalue weighted by Crippen LogP contribution is 2.42. The molecule has 1 N–H and O–H groups in total. The molecule has 0 saturated carbocycles. The highest BCUT2D eigenvalue weighted by Gasteiger charge is 2.26. The van der Waals surface area contributed by atoms with Crippen LogP contribution in [0.15, 0.2) is 47.0 Å². The van der Waals surface area contributed by atoms with Gasteiger partial charge in [-0.2, -0.15) is 4.98 Å². The van der Waals surface area contributed by atoms with Gasteiger partial charge in [0.15, 0.2) is 12.4 Å². The van der Waals surface area contributed by atoms with Crippen LogP contribution in [0.2, 0.25) is 0 Å². The molecule has 0 saturated heterocycles. The molecule has 8 heteroatoms. The Kier molecular flexibility index (Phi) is 4.94. The summed E-state index contributed by atoms with van der Waals surface area (Å²) in [6, 6.07) is 13.8. The lowest BCUT2D eigenvalue weighted by Crippen LogP contribution is -2.20. The van der Waals surface area contributed by atoms with Crippen molar-refractivity contribution in [2.75, 3.05) is 18.5 Å². The summed E-state index contributed by atoms with van der Waals surface area (Å²) in [4.78, 5) is 18.0. The first-order chi connectivity index (χ1) is 14.7. The minimum Gasteiger partial charge on any atom is -0.484 e. The van der Waals surface area contributed by atoms with Gasteiger partial charge in [0.2, 0.25) is 0 Å². The molecule has 2 aromatic carbocycles. The normalized spacial score (nSPS) is 13.2. The molecule has 7 nitrogen and oxygen atoms in total. The molecule has 2 aromatic heterocycles. The van der Waals surface area contributed by atoms with E-state index in [1.807, 2.05) is 42.5 Å². The van der Waals surface area contributed by atoms with E-state index in [1.165, 1.54) is 11.3 Å². The number of anilines is 1. The monoisotopic (exact) mass is 421 g/mol. The number of ether oxygens (including phenoxy) is 2. The van der Waals surface area contributed by atoms with Gasteiger partial charge in [0.05, 0.1) is 18.8 Å². The fourth-order valence-corrected chi connectivity index (χ4v) is 4.71. The van der Waals surface area contributed by atoms with Gasteiger partial charge in [-0.15, -0.1) is 11.3 Å². The zero-order chi connectivity index (χ0) is 20.5. The Bertz CT molecular complexity index is 1230. The smallest absolute Gasteiger partial charge is 0.262 e. The number of nitrogens with zero attached hydrogens (tertiary/aromatic N) is 2. The van der Waals surface area contributed by atoms with Crippen LogP contribution < -0.4 is 10.1 Å². The third-order valence-electron chi connectivity index (χ3n) is 4.91. The van der Waals surface area contributed by atoms with Gasteiger partial charge in [-0.3, -0.25) is 4.79 Å². The van der Waals surface area contributed by atoms with Crippen molar-refractivity contribution in [1.29, 1.82) is 0 Å². The fraction of sp³-hybridized carbons (Fsp3) is 0.227. The van der Waals surface area contributed by atoms with Gasteiger partial charge in [0.25, 0.3) is 11.8 Å². The summed E-state index contributed by atoms with van der Waals surface area (Å²) in [5.74, 6) is 1.36. The maximum absolute atomic E-state index is 12.6. The molecule has 0 spiro atoms. The standard InChI is InChI=1S/C22H19N3O4S/c1-13-23-21(29-25-13)20-17-8-9-27-11-18(17)30-22(20)24-19(26)12-28-16-7-6-14-4-2-3-5-15(14)10-16/h2-7,10H,8-9,11-12H2,1H3,(H,24,26). The van der Waals surface area contributed by atoms with Crippen LogP contribution in [0.5, 0.6) is 5.75 Å². The molecule has 1 amide bonds. The van der Waals surface area contributed by atoms with Crippen molar-refractivity contribution in [3.8, 4) is 17.2 Å². The molecule has 0 fully saturated rings. The molecule has 3 heterocycles. The van der Waals surface area contributed by atoms with Crippen molar-refractivity contribution in [2.45, 2.75) is 20.0 Å². The molecule has 0 radical (unpaired) electrons. The predicted molar refractivity (Wildman–Crippen MR) is 114 cm³/mol. The minimum absolute atomic E-state index is 0.0975. The Morgan fingerprint density at radius 2 is 2.10 bits per heavy atom. The molecule has 30 heavy (non-hydrogen) atoms. The van der Waals surface area contributed by atoms with E-state index in [0.29, 0.717) is 35.7 Å². The van der Waals surface area contributed by atoms with Crippen LogP contribution in [0.4, 0.5) is 5.00 Å². The van der Waals surface area contributed by atoms with Gasteiger partial charge in [-0.25, -0.2) is 0 Å². The van der Waals surface area contributed by atoms with Crippen molar-refractivity contribution >= 4 is 33.0 Å². The molecule has 0 atom stereocenters. The molecule has 0 unspecified atom stereocenters. The first-order valence-electron chi connectivity index (χ1n) is 9.62. The van der Waals surface area contributed by atoms with Crippen molar-refractivity contribution in [2.24, 2.45) is 0 Å². The van der Waals surface area contributed by atoms with Gasteiger partial charge < -0.3 is 19.3 Å². The van der Waals surface area contributed by atoms with Crippen LogP contribution in [0.3, 0.4) is 0 Å². The molecule has 1 aliphatic heterocycles.